The highest BCUT2D eigenvalue weighted by Crippen LogP contribution is 2.41. The van der Waals surface area contributed by atoms with Crippen LogP contribution in [-0.4, -0.2) is 15.6 Å². The zero-order valence-corrected chi connectivity index (χ0v) is 11.7. The molecule has 21 heavy (non-hydrogen) atoms. The second-order valence-electron chi connectivity index (χ2n) is 5.45. The zero-order chi connectivity index (χ0) is 16.2. The molecular weight excluding hydrogens is 285 g/mol. The molecular formula is C14H15F3N2O2. The van der Waals surface area contributed by atoms with Crippen LogP contribution in [0.25, 0.3) is 10.9 Å². The molecule has 0 unspecified atom stereocenters. The number of aromatic nitrogens is 1. The van der Waals surface area contributed by atoms with Crippen molar-refractivity contribution in [2.45, 2.75) is 32.5 Å². The summed E-state index contributed by atoms with van der Waals surface area (Å²) in [5.74, 6) is -1.13. The van der Waals surface area contributed by atoms with Gasteiger partial charge in [0.2, 0.25) is 0 Å². The van der Waals surface area contributed by atoms with E-state index in [1.165, 1.54) is 30.5 Å². The lowest BCUT2D eigenvalue weighted by Gasteiger charge is -2.25. The van der Waals surface area contributed by atoms with Gasteiger partial charge in [0.1, 0.15) is 5.54 Å². The molecule has 2 aromatic rings. The van der Waals surface area contributed by atoms with Gasteiger partial charge in [0.05, 0.1) is 5.56 Å². The Labute approximate surface area is 119 Å². The van der Waals surface area contributed by atoms with Gasteiger partial charge in [-0.25, -0.2) is 4.79 Å². The van der Waals surface area contributed by atoms with Crippen molar-refractivity contribution in [2.75, 3.05) is 5.73 Å². The quantitative estimate of drug-likeness (QED) is 0.835. The van der Waals surface area contributed by atoms with E-state index in [0.29, 0.717) is 5.69 Å². The summed E-state index contributed by atoms with van der Waals surface area (Å²) < 4.78 is 40.9. The summed E-state index contributed by atoms with van der Waals surface area (Å²) in [5, 5.41) is 9.22. The van der Waals surface area contributed by atoms with Crippen molar-refractivity contribution >= 4 is 22.6 Å². The molecule has 0 saturated carbocycles. The molecule has 0 radical (unpaired) electrons. The lowest BCUT2D eigenvalue weighted by atomic mass is 10.0. The third-order valence-corrected chi connectivity index (χ3v) is 3.57. The topological polar surface area (TPSA) is 68.2 Å². The van der Waals surface area contributed by atoms with Crippen LogP contribution < -0.4 is 5.73 Å². The highest BCUT2D eigenvalue weighted by atomic mass is 19.4. The Bertz CT molecular complexity index is 730. The molecule has 0 saturated heterocycles. The van der Waals surface area contributed by atoms with Crippen LogP contribution in [0.2, 0.25) is 0 Å². The number of nitrogens with two attached hydrogens (primary N) is 1. The number of benzene rings is 1. The van der Waals surface area contributed by atoms with Crippen molar-refractivity contribution in [3.8, 4) is 0 Å². The van der Waals surface area contributed by atoms with Crippen molar-refractivity contribution in [3.63, 3.8) is 0 Å². The number of aryl methyl sites for hydroxylation is 1. The molecule has 0 bridgehead atoms. The molecule has 0 atom stereocenters. The average Bonchev–Trinajstić information content (AvgIpc) is 2.62. The van der Waals surface area contributed by atoms with Gasteiger partial charge < -0.3 is 15.4 Å². The number of rotatable bonds is 2. The first-order chi connectivity index (χ1) is 9.48. The molecule has 0 aliphatic heterocycles. The van der Waals surface area contributed by atoms with Crippen molar-refractivity contribution < 1.29 is 23.1 Å². The number of fused-ring (bicyclic) bond motifs is 1. The van der Waals surface area contributed by atoms with E-state index in [1.807, 2.05) is 0 Å². The first kappa shape index (κ1) is 15.2. The average molecular weight is 300 g/mol. The van der Waals surface area contributed by atoms with Gasteiger partial charge in [-0.3, -0.25) is 0 Å². The predicted octanol–water partition coefficient (Wildman–Crippen LogP) is 3.37. The normalized spacial score (nSPS) is 12.9. The Kier molecular flexibility index (Phi) is 3.19. The lowest BCUT2D eigenvalue weighted by molar-refractivity contribution is -0.145. The molecule has 114 valence electrons. The van der Waals surface area contributed by atoms with Gasteiger partial charge in [0.25, 0.3) is 0 Å². The summed E-state index contributed by atoms with van der Waals surface area (Å²) >= 11 is 0. The van der Waals surface area contributed by atoms with Gasteiger partial charge in [-0.1, -0.05) is 0 Å². The molecule has 2 rings (SSSR count). The SMILES string of the molecule is Cc1cc2c(C(F)(F)F)c(N)ccc2n1C(C)(C)C(=O)O. The number of nitrogens with zero attached hydrogens (tertiary/aromatic N) is 1. The Morgan fingerprint density at radius 1 is 1.29 bits per heavy atom. The summed E-state index contributed by atoms with van der Waals surface area (Å²) in [5.41, 5.74) is 3.40. The fourth-order valence-electron chi connectivity index (χ4n) is 2.58. The first-order valence-corrected chi connectivity index (χ1v) is 6.19. The maximum absolute atomic E-state index is 13.2. The maximum atomic E-state index is 13.2. The van der Waals surface area contributed by atoms with Crippen LogP contribution >= 0.6 is 0 Å². The summed E-state index contributed by atoms with van der Waals surface area (Å²) in [6, 6.07) is 3.88. The molecule has 0 amide bonds. The standard InChI is InChI=1S/C14H15F3N2O2/c1-7-6-8-10(19(7)13(2,3)12(20)21)5-4-9(18)11(8)14(15,16)17/h4-6H,18H2,1-3H3,(H,20,21). The second-order valence-corrected chi connectivity index (χ2v) is 5.45. The van der Waals surface area contributed by atoms with Crippen molar-refractivity contribution in [1.82, 2.24) is 4.57 Å². The number of carboxylic acids is 1. The Morgan fingerprint density at radius 2 is 1.86 bits per heavy atom. The summed E-state index contributed by atoms with van der Waals surface area (Å²) in [6.45, 7) is 4.44. The molecule has 1 aromatic carbocycles. The molecule has 0 aliphatic carbocycles. The monoisotopic (exact) mass is 300 g/mol. The van der Waals surface area contributed by atoms with Gasteiger partial charge in [0.15, 0.2) is 0 Å². The highest BCUT2D eigenvalue weighted by Gasteiger charge is 2.38. The van der Waals surface area contributed by atoms with Crippen molar-refractivity contribution in [2.24, 2.45) is 0 Å². The Morgan fingerprint density at radius 3 is 2.33 bits per heavy atom. The fourth-order valence-corrected chi connectivity index (χ4v) is 2.58. The second kappa shape index (κ2) is 4.41. The molecule has 0 spiro atoms. The third-order valence-electron chi connectivity index (χ3n) is 3.57. The van der Waals surface area contributed by atoms with Crippen LogP contribution in [0, 0.1) is 6.92 Å². The molecule has 7 heteroatoms. The molecule has 0 fully saturated rings. The molecule has 1 heterocycles. The van der Waals surface area contributed by atoms with E-state index in [1.54, 1.807) is 6.92 Å². The van der Waals surface area contributed by atoms with Crippen molar-refractivity contribution in [3.05, 3.63) is 29.5 Å². The Balaban J connectivity index is 2.91. The number of hydrogen-bond donors (Lipinski definition) is 2. The maximum Gasteiger partial charge on any atom is 0.419 e. The van der Waals surface area contributed by atoms with Gasteiger partial charge in [0, 0.05) is 22.3 Å². The summed E-state index contributed by atoms with van der Waals surface area (Å²) in [4.78, 5) is 11.4. The van der Waals surface area contributed by atoms with E-state index in [0.717, 1.165) is 6.07 Å². The van der Waals surface area contributed by atoms with E-state index in [4.69, 9.17) is 5.73 Å². The number of aliphatic carboxylic acids is 1. The minimum Gasteiger partial charge on any atom is -0.480 e. The Hall–Kier alpha value is -2.18. The number of carbonyl (C=O) groups is 1. The zero-order valence-electron chi connectivity index (χ0n) is 11.7. The lowest BCUT2D eigenvalue weighted by Crippen LogP contribution is -2.36. The van der Waals surface area contributed by atoms with E-state index in [-0.39, 0.29) is 16.6 Å². The number of nitrogen functional groups attached to an aromatic ring is 1. The number of carboxylic acid groups (broad SMARTS) is 1. The third kappa shape index (κ3) is 2.22. The minimum absolute atomic E-state index is 0.0886. The predicted molar refractivity (Wildman–Crippen MR) is 73.0 cm³/mol. The molecule has 3 N–H and O–H groups in total. The minimum atomic E-state index is -4.60. The number of halogens is 3. The van der Waals surface area contributed by atoms with Crippen LogP contribution in [-0.2, 0) is 16.5 Å². The van der Waals surface area contributed by atoms with E-state index in [9.17, 15) is 23.1 Å². The van der Waals surface area contributed by atoms with Crippen LogP contribution in [0.4, 0.5) is 18.9 Å². The summed E-state index contributed by atoms with van der Waals surface area (Å²) in [7, 11) is 0. The van der Waals surface area contributed by atoms with Gasteiger partial charge in [-0.15, -0.1) is 0 Å². The van der Waals surface area contributed by atoms with Gasteiger partial charge >= 0.3 is 12.1 Å². The van der Waals surface area contributed by atoms with E-state index < -0.39 is 23.2 Å². The van der Waals surface area contributed by atoms with Crippen molar-refractivity contribution in [1.29, 1.82) is 0 Å². The van der Waals surface area contributed by atoms with Crippen LogP contribution in [0.1, 0.15) is 25.1 Å². The smallest absolute Gasteiger partial charge is 0.419 e. The van der Waals surface area contributed by atoms with E-state index >= 15 is 0 Å². The molecule has 4 nitrogen and oxygen atoms in total. The molecule has 0 aliphatic rings. The largest absolute Gasteiger partial charge is 0.480 e. The van der Waals surface area contributed by atoms with Crippen LogP contribution in [0.15, 0.2) is 18.2 Å². The van der Waals surface area contributed by atoms with Gasteiger partial charge in [-0.2, -0.15) is 13.2 Å². The number of anilines is 1. The highest BCUT2D eigenvalue weighted by molar-refractivity contribution is 5.91. The number of alkyl halides is 3. The van der Waals surface area contributed by atoms with Crippen LogP contribution in [0.3, 0.4) is 0 Å². The molecule has 1 aromatic heterocycles. The first-order valence-electron chi connectivity index (χ1n) is 6.19. The van der Waals surface area contributed by atoms with Gasteiger partial charge in [-0.05, 0) is 39.0 Å². The number of hydrogen-bond acceptors (Lipinski definition) is 2. The van der Waals surface area contributed by atoms with E-state index in [2.05, 4.69) is 0 Å². The van der Waals surface area contributed by atoms with Crippen LogP contribution in [0.5, 0.6) is 0 Å². The fraction of sp³-hybridized carbons (Fsp3) is 0.357. The summed E-state index contributed by atoms with van der Waals surface area (Å²) in [6.07, 6.45) is -4.60.